The van der Waals surface area contributed by atoms with Crippen LogP contribution in [0.4, 0.5) is 0 Å². The van der Waals surface area contributed by atoms with E-state index in [0.29, 0.717) is 25.2 Å². The molecule has 0 radical (unpaired) electrons. The molecule has 1 amide bonds. The predicted octanol–water partition coefficient (Wildman–Crippen LogP) is 4.60. The normalized spacial score (nSPS) is 21.2. The van der Waals surface area contributed by atoms with Crippen molar-refractivity contribution >= 4 is 22.7 Å². The summed E-state index contributed by atoms with van der Waals surface area (Å²) in [5.41, 5.74) is 1.85. The van der Waals surface area contributed by atoms with Crippen LogP contribution in [0.25, 0.3) is 10.9 Å². The van der Waals surface area contributed by atoms with Gasteiger partial charge in [0.25, 0.3) is 5.91 Å². The second kappa shape index (κ2) is 11.2. The van der Waals surface area contributed by atoms with Crippen molar-refractivity contribution in [1.29, 1.82) is 0 Å². The molecule has 0 bridgehead atoms. The fourth-order valence-electron chi connectivity index (χ4n) is 5.13. The van der Waals surface area contributed by atoms with Gasteiger partial charge in [0.05, 0.1) is 12.1 Å². The number of aromatic nitrogens is 1. The van der Waals surface area contributed by atoms with Crippen LogP contribution in [0.15, 0.2) is 42.3 Å². The molecule has 1 aliphatic heterocycles. The van der Waals surface area contributed by atoms with Gasteiger partial charge in [0.15, 0.2) is 5.76 Å². The van der Waals surface area contributed by atoms with Gasteiger partial charge in [-0.25, -0.2) is 0 Å². The van der Waals surface area contributed by atoms with Crippen molar-refractivity contribution in [3.8, 4) is 0 Å². The first-order valence-electron chi connectivity index (χ1n) is 12.5. The minimum atomic E-state index is -0.563. The summed E-state index contributed by atoms with van der Waals surface area (Å²) in [5, 5.41) is 10.1. The van der Waals surface area contributed by atoms with Gasteiger partial charge in [-0.2, -0.15) is 0 Å². The van der Waals surface area contributed by atoms with Crippen LogP contribution in [0.3, 0.4) is 0 Å². The third-order valence-corrected chi connectivity index (χ3v) is 7.05. The molecule has 1 aliphatic carbocycles. The molecule has 2 unspecified atom stereocenters. The topological polar surface area (TPSA) is 81.0 Å². The number of aliphatic hydroxyl groups excluding tert-OH is 1. The minimum absolute atomic E-state index is 0.0522. The monoisotopic (exact) mass is 468 g/mol. The highest BCUT2D eigenvalue weighted by molar-refractivity contribution is 5.95. The molecule has 0 spiro atoms. The molecule has 1 fully saturated rings. The number of carbonyl (C=O) groups excluding carboxylic acids is 2. The molecule has 34 heavy (non-hydrogen) atoms. The quantitative estimate of drug-likeness (QED) is 0.573. The summed E-state index contributed by atoms with van der Waals surface area (Å²) in [6.07, 6.45) is 10.7. The summed E-state index contributed by atoms with van der Waals surface area (Å²) >= 11 is 0. The highest BCUT2D eigenvalue weighted by atomic mass is 16.7. The van der Waals surface area contributed by atoms with E-state index in [1.54, 1.807) is 11.5 Å². The third kappa shape index (κ3) is 5.36. The largest absolute Gasteiger partial charge is 0.459 e. The van der Waals surface area contributed by atoms with Crippen LogP contribution in [0.2, 0.25) is 0 Å². The van der Waals surface area contributed by atoms with Gasteiger partial charge in [0, 0.05) is 50.5 Å². The Bertz CT molecular complexity index is 1040. The van der Waals surface area contributed by atoms with Gasteiger partial charge in [-0.15, -0.1) is 0 Å². The van der Waals surface area contributed by atoms with Gasteiger partial charge < -0.3 is 19.5 Å². The standard InChI is InChI=1S/C27H36N2O5/c1-19(31)29-18-23(22-12-6-7-13-24(22)29)20-16-25(34-26(17-20)33-15-9-8-14-30)27(32)28(2)21-10-4-3-5-11-21/h6-7,12-13,16,18,20-21,26,30H,3-5,8-11,14-15,17H2,1-2H3. The fourth-order valence-corrected chi connectivity index (χ4v) is 5.13. The smallest absolute Gasteiger partial charge is 0.288 e. The van der Waals surface area contributed by atoms with Crippen LogP contribution >= 0.6 is 0 Å². The van der Waals surface area contributed by atoms with Crippen molar-refractivity contribution in [2.24, 2.45) is 0 Å². The molecule has 1 saturated carbocycles. The van der Waals surface area contributed by atoms with Gasteiger partial charge in [-0.1, -0.05) is 37.5 Å². The highest BCUT2D eigenvalue weighted by Gasteiger charge is 2.33. The Morgan fingerprint density at radius 2 is 1.94 bits per heavy atom. The number of fused-ring (bicyclic) bond motifs is 1. The van der Waals surface area contributed by atoms with Gasteiger partial charge >= 0.3 is 0 Å². The Kier molecular flexibility index (Phi) is 8.06. The third-order valence-electron chi connectivity index (χ3n) is 7.05. The molecule has 4 rings (SSSR count). The number of para-hydroxylation sites is 1. The summed E-state index contributed by atoms with van der Waals surface area (Å²) in [4.78, 5) is 27.6. The number of rotatable bonds is 8. The Labute approximate surface area is 201 Å². The first-order chi connectivity index (χ1) is 16.5. The van der Waals surface area contributed by atoms with E-state index in [9.17, 15) is 9.59 Å². The zero-order valence-electron chi connectivity index (χ0n) is 20.2. The van der Waals surface area contributed by atoms with E-state index in [4.69, 9.17) is 14.6 Å². The molecule has 184 valence electrons. The molecular formula is C27H36N2O5. The van der Waals surface area contributed by atoms with Gasteiger partial charge in [0.2, 0.25) is 12.2 Å². The second-order valence-electron chi connectivity index (χ2n) is 9.42. The lowest BCUT2D eigenvalue weighted by atomic mass is 9.91. The summed E-state index contributed by atoms with van der Waals surface area (Å²) in [6, 6.07) is 8.07. The SMILES string of the molecule is CC(=O)n1cc(C2C=C(C(=O)N(C)C3CCCCC3)OC(OCCCCO)C2)c2ccccc21. The van der Waals surface area contributed by atoms with Gasteiger partial charge in [-0.05, 0) is 43.4 Å². The molecule has 2 heterocycles. The van der Waals surface area contributed by atoms with Crippen molar-refractivity contribution in [3.05, 3.63) is 47.9 Å². The summed E-state index contributed by atoms with van der Waals surface area (Å²) in [5.74, 6) is 0.0245. The number of aliphatic hydroxyl groups is 1. The first-order valence-corrected chi connectivity index (χ1v) is 12.5. The van der Waals surface area contributed by atoms with Gasteiger partial charge in [0.1, 0.15) is 0 Å². The number of nitrogens with zero attached hydrogens (tertiary/aromatic N) is 2. The Balaban J connectivity index is 1.64. The number of carbonyl (C=O) groups is 2. The van der Waals surface area contributed by atoms with E-state index in [1.165, 1.54) is 6.42 Å². The van der Waals surface area contributed by atoms with E-state index in [0.717, 1.165) is 48.6 Å². The number of hydrogen-bond donors (Lipinski definition) is 1. The maximum Gasteiger partial charge on any atom is 0.288 e. The van der Waals surface area contributed by atoms with Crippen molar-refractivity contribution in [2.75, 3.05) is 20.3 Å². The summed E-state index contributed by atoms with van der Waals surface area (Å²) in [7, 11) is 1.87. The van der Waals surface area contributed by atoms with E-state index >= 15 is 0 Å². The zero-order valence-corrected chi connectivity index (χ0v) is 20.2. The number of allylic oxidation sites excluding steroid dienone is 1. The molecule has 0 saturated heterocycles. The van der Waals surface area contributed by atoms with E-state index in [-0.39, 0.29) is 30.4 Å². The maximum atomic E-state index is 13.5. The molecule has 2 aliphatic rings. The Morgan fingerprint density at radius 3 is 2.68 bits per heavy atom. The molecule has 1 N–H and O–H groups in total. The number of hydrogen-bond acceptors (Lipinski definition) is 5. The minimum Gasteiger partial charge on any atom is -0.459 e. The first kappa shape index (κ1) is 24.5. The van der Waals surface area contributed by atoms with Gasteiger partial charge in [-0.3, -0.25) is 14.2 Å². The lowest BCUT2D eigenvalue weighted by molar-refractivity contribution is -0.153. The van der Waals surface area contributed by atoms with Crippen molar-refractivity contribution in [2.45, 2.75) is 76.5 Å². The number of likely N-dealkylation sites (N-methyl/N-ethyl adjacent to an activating group) is 1. The van der Waals surface area contributed by atoms with Crippen LogP contribution in [0.5, 0.6) is 0 Å². The average molecular weight is 469 g/mol. The molecular weight excluding hydrogens is 432 g/mol. The molecule has 7 heteroatoms. The van der Waals surface area contributed by atoms with Crippen LogP contribution in [0.1, 0.15) is 74.6 Å². The fraction of sp³-hybridized carbons (Fsp3) is 0.556. The Morgan fingerprint density at radius 1 is 1.18 bits per heavy atom. The lowest BCUT2D eigenvalue weighted by Crippen LogP contribution is -2.41. The lowest BCUT2D eigenvalue weighted by Gasteiger charge is -2.34. The van der Waals surface area contributed by atoms with Crippen molar-refractivity contribution in [3.63, 3.8) is 0 Å². The Hall–Kier alpha value is -2.64. The molecule has 7 nitrogen and oxygen atoms in total. The molecule has 2 atom stereocenters. The molecule has 1 aromatic heterocycles. The van der Waals surface area contributed by atoms with Crippen LogP contribution in [-0.4, -0.2) is 59.0 Å². The molecule has 1 aromatic carbocycles. The number of ether oxygens (including phenoxy) is 2. The molecule has 2 aromatic rings. The second-order valence-corrected chi connectivity index (χ2v) is 9.42. The summed E-state index contributed by atoms with van der Waals surface area (Å²) < 4.78 is 13.7. The van der Waals surface area contributed by atoms with Crippen LogP contribution in [0, 0.1) is 0 Å². The van der Waals surface area contributed by atoms with E-state index < -0.39 is 6.29 Å². The van der Waals surface area contributed by atoms with Crippen LogP contribution < -0.4 is 0 Å². The van der Waals surface area contributed by atoms with Crippen molar-refractivity contribution in [1.82, 2.24) is 9.47 Å². The predicted molar refractivity (Wildman–Crippen MR) is 130 cm³/mol. The van der Waals surface area contributed by atoms with E-state index in [2.05, 4.69) is 0 Å². The number of amides is 1. The van der Waals surface area contributed by atoms with E-state index in [1.807, 2.05) is 48.5 Å². The number of benzene rings is 1. The maximum absolute atomic E-state index is 13.5. The zero-order chi connectivity index (χ0) is 24.1. The average Bonchev–Trinajstić information content (AvgIpc) is 3.26. The summed E-state index contributed by atoms with van der Waals surface area (Å²) in [6.45, 7) is 2.13. The number of unbranched alkanes of at least 4 members (excludes halogenated alkanes) is 1. The van der Waals surface area contributed by atoms with Crippen LogP contribution in [-0.2, 0) is 14.3 Å². The van der Waals surface area contributed by atoms with Crippen molar-refractivity contribution < 1.29 is 24.2 Å². The highest BCUT2D eigenvalue weighted by Crippen LogP contribution is 2.37.